The SMILES string of the molecule is COC1CCC(NC/C=C/C(=O)Nc2c(F)cc(C(=O)c3ccc4c(-c5cc6c(=O)n(C)ccc6cc5C(F)(F)F)cccn34)cc2F)CC1.O=C(O)C(F)(F)F. The molecule has 3 aromatic heterocycles. The first-order chi connectivity index (χ1) is 26.8. The fourth-order valence-corrected chi connectivity index (χ4v) is 6.44. The van der Waals surface area contributed by atoms with E-state index in [4.69, 9.17) is 14.6 Å². The number of carboxylic acid groups (broad SMARTS) is 1. The molecule has 3 N–H and O–H groups in total. The molecule has 5 aromatic rings. The first-order valence-corrected chi connectivity index (χ1v) is 17.2. The Hall–Kier alpha value is -5.88. The molecule has 0 unspecified atom stereocenters. The molecule has 1 fully saturated rings. The maximum atomic E-state index is 15.1. The lowest BCUT2D eigenvalue weighted by molar-refractivity contribution is -0.192. The van der Waals surface area contributed by atoms with Crippen LogP contribution in [-0.2, 0) is 27.5 Å². The molecule has 0 atom stereocenters. The van der Waals surface area contributed by atoms with Gasteiger partial charge in [0.25, 0.3) is 5.56 Å². The highest BCUT2D eigenvalue weighted by Crippen LogP contribution is 2.41. The van der Waals surface area contributed by atoms with Crippen LogP contribution in [0.4, 0.5) is 40.8 Å². The summed E-state index contributed by atoms with van der Waals surface area (Å²) in [5.41, 5.74) is -2.63. The zero-order valence-corrected chi connectivity index (χ0v) is 30.1. The average Bonchev–Trinajstić information content (AvgIpc) is 3.60. The predicted molar refractivity (Wildman–Crippen MR) is 193 cm³/mol. The highest BCUT2D eigenvalue weighted by Gasteiger charge is 2.38. The van der Waals surface area contributed by atoms with Gasteiger partial charge in [0.05, 0.1) is 22.9 Å². The molecular formula is C39H34F8N4O6. The molecule has 10 nitrogen and oxygen atoms in total. The Morgan fingerprint density at radius 3 is 2.16 bits per heavy atom. The Morgan fingerprint density at radius 2 is 1.56 bits per heavy atom. The van der Waals surface area contributed by atoms with Crippen LogP contribution in [0.3, 0.4) is 0 Å². The fourth-order valence-electron chi connectivity index (χ4n) is 6.44. The highest BCUT2D eigenvalue weighted by atomic mass is 19.4. The number of hydrogen-bond acceptors (Lipinski definition) is 6. The van der Waals surface area contributed by atoms with Gasteiger partial charge in [0.1, 0.15) is 17.3 Å². The number of hydrogen-bond donors (Lipinski definition) is 3. The van der Waals surface area contributed by atoms with Gasteiger partial charge in [-0.05, 0) is 85.2 Å². The minimum absolute atomic E-state index is 0.0752. The number of aryl methyl sites for hydroxylation is 1. The molecule has 1 saturated carbocycles. The molecular weight excluding hydrogens is 772 g/mol. The number of carboxylic acids is 1. The number of carbonyl (C=O) groups is 3. The van der Waals surface area contributed by atoms with E-state index in [0.29, 0.717) is 6.54 Å². The second-order valence-electron chi connectivity index (χ2n) is 13.1. The van der Waals surface area contributed by atoms with E-state index < -0.39 is 58.5 Å². The van der Waals surface area contributed by atoms with Gasteiger partial charge in [-0.3, -0.25) is 14.4 Å². The number of halogens is 8. The third-order valence-corrected chi connectivity index (χ3v) is 9.33. The molecule has 0 aliphatic heterocycles. The van der Waals surface area contributed by atoms with Crippen molar-refractivity contribution in [2.24, 2.45) is 7.05 Å². The molecule has 1 amide bonds. The number of alkyl halides is 6. The number of benzene rings is 2. The summed E-state index contributed by atoms with van der Waals surface area (Å²) < 4.78 is 113. The van der Waals surface area contributed by atoms with Gasteiger partial charge in [0.15, 0.2) is 0 Å². The van der Waals surface area contributed by atoms with Gasteiger partial charge >= 0.3 is 18.3 Å². The molecule has 3 heterocycles. The maximum absolute atomic E-state index is 15.1. The summed E-state index contributed by atoms with van der Waals surface area (Å²) in [6.45, 7) is 0.387. The third-order valence-electron chi connectivity index (χ3n) is 9.33. The monoisotopic (exact) mass is 806 g/mol. The van der Waals surface area contributed by atoms with E-state index in [2.05, 4.69) is 10.6 Å². The molecule has 0 saturated heterocycles. The van der Waals surface area contributed by atoms with E-state index in [9.17, 15) is 40.7 Å². The number of rotatable bonds is 9. The lowest BCUT2D eigenvalue weighted by Crippen LogP contribution is -2.35. The number of nitrogens with zero attached hydrogens (tertiary/aromatic N) is 2. The summed E-state index contributed by atoms with van der Waals surface area (Å²) >= 11 is 0. The summed E-state index contributed by atoms with van der Waals surface area (Å²) in [6, 6.07) is 11.0. The summed E-state index contributed by atoms with van der Waals surface area (Å²) in [4.78, 5) is 47.6. The molecule has 57 heavy (non-hydrogen) atoms. The number of carbonyl (C=O) groups excluding carboxylic acids is 2. The Bertz CT molecular complexity index is 2390. The summed E-state index contributed by atoms with van der Waals surface area (Å²) in [5.74, 6) is -6.70. The number of aromatic nitrogens is 2. The first kappa shape index (κ1) is 42.3. The van der Waals surface area contributed by atoms with Crippen LogP contribution in [-0.4, -0.2) is 63.7 Å². The van der Waals surface area contributed by atoms with Crippen molar-refractivity contribution in [3.63, 3.8) is 0 Å². The fraction of sp³-hybridized carbons (Fsp3) is 0.282. The zero-order chi connectivity index (χ0) is 41.8. The number of ketones is 1. The van der Waals surface area contributed by atoms with Crippen molar-refractivity contribution in [2.75, 3.05) is 19.0 Å². The molecule has 2 aromatic carbocycles. The molecule has 0 radical (unpaired) electrons. The van der Waals surface area contributed by atoms with Crippen LogP contribution in [0.15, 0.2) is 83.9 Å². The summed E-state index contributed by atoms with van der Waals surface area (Å²) in [7, 11) is 3.18. The Balaban J connectivity index is 0.000000811. The zero-order valence-electron chi connectivity index (χ0n) is 30.1. The van der Waals surface area contributed by atoms with Crippen LogP contribution in [0.5, 0.6) is 0 Å². The van der Waals surface area contributed by atoms with Crippen molar-refractivity contribution >= 4 is 39.6 Å². The highest BCUT2D eigenvalue weighted by molar-refractivity contribution is 6.09. The predicted octanol–water partition coefficient (Wildman–Crippen LogP) is 7.66. The van der Waals surface area contributed by atoms with Crippen LogP contribution < -0.4 is 16.2 Å². The van der Waals surface area contributed by atoms with Gasteiger partial charge in [0, 0.05) is 61.7 Å². The van der Waals surface area contributed by atoms with Crippen molar-refractivity contribution < 1.29 is 59.4 Å². The maximum Gasteiger partial charge on any atom is 0.490 e. The number of anilines is 1. The van der Waals surface area contributed by atoms with Crippen LogP contribution in [0, 0.1) is 11.6 Å². The Kier molecular flexibility index (Phi) is 12.7. The van der Waals surface area contributed by atoms with Crippen molar-refractivity contribution in [3.05, 3.63) is 118 Å². The number of pyridine rings is 2. The second-order valence-corrected chi connectivity index (χ2v) is 13.1. The Labute approximate surface area is 318 Å². The van der Waals surface area contributed by atoms with Gasteiger partial charge in [-0.25, -0.2) is 13.6 Å². The van der Waals surface area contributed by atoms with E-state index in [1.54, 1.807) is 13.2 Å². The van der Waals surface area contributed by atoms with E-state index in [1.807, 2.05) is 0 Å². The van der Waals surface area contributed by atoms with Crippen molar-refractivity contribution in [2.45, 2.75) is 50.2 Å². The summed E-state index contributed by atoms with van der Waals surface area (Å²) in [6.07, 6.45) is -0.319. The quantitative estimate of drug-likeness (QED) is 0.0793. The second kappa shape index (κ2) is 17.1. The average molecular weight is 807 g/mol. The summed E-state index contributed by atoms with van der Waals surface area (Å²) in [5, 5.41) is 12.8. The van der Waals surface area contributed by atoms with Gasteiger partial charge in [0.2, 0.25) is 11.7 Å². The van der Waals surface area contributed by atoms with Gasteiger partial charge < -0.3 is 29.4 Å². The van der Waals surface area contributed by atoms with E-state index in [-0.39, 0.29) is 50.8 Å². The molecule has 302 valence electrons. The minimum atomic E-state index is -5.08. The van der Waals surface area contributed by atoms with Crippen molar-refractivity contribution in [1.29, 1.82) is 0 Å². The van der Waals surface area contributed by atoms with E-state index in [1.165, 1.54) is 64.8 Å². The molecule has 1 aliphatic carbocycles. The van der Waals surface area contributed by atoms with Gasteiger partial charge in [-0.1, -0.05) is 12.1 Å². The standard InChI is InChI=1S/C37H33F5N4O4.C2HF3O2/c1-45-16-13-21-17-28(37(40,41)42)27(20-26(21)36(45)49)25-5-4-15-46-31(25)11-12-32(46)35(48)22-18-29(38)34(30(39)19-22)44-33(47)6-3-14-43-23-7-9-24(50-2)10-8-23;3-2(4,5)1(6)7/h3-6,11-13,15-20,23-24,43H,7-10,14H2,1-2H3,(H,44,47);(H,6,7)/b6-3+;. The molecule has 6 rings (SSSR count). The smallest absolute Gasteiger partial charge is 0.475 e. The number of amides is 1. The Morgan fingerprint density at radius 1 is 0.912 bits per heavy atom. The van der Waals surface area contributed by atoms with Gasteiger partial charge in [-0.15, -0.1) is 0 Å². The minimum Gasteiger partial charge on any atom is -0.475 e. The van der Waals surface area contributed by atoms with Crippen LogP contribution in [0.2, 0.25) is 0 Å². The topological polar surface area (TPSA) is 131 Å². The number of ether oxygens (including phenoxy) is 1. The van der Waals surface area contributed by atoms with Crippen molar-refractivity contribution in [3.8, 4) is 11.1 Å². The molecule has 0 spiro atoms. The molecule has 18 heteroatoms. The molecule has 0 bridgehead atoms. The number of methoxy groups -OCH3 is 1. The van der Waals surface area contributed by atoms with Crippen LogP contribution in [0.25, 0.3) is 27.4 Å². The van der Waals surface area contributed by atoms with Crippen molar-refractivity contribution in [1.82, 2.24) is 14.3 Å². The third kappa shape index (κ3) is 9.75. The number of nitrogens with one attached hydrogen (secondary N) is 2. The van der Waals surface area contributed by atoms with Crippen LogP contribution >= 0.6 is 0 Å². The van der Waals surface area contributed by atoms with E-state index in [0.717, 1.165) is 50.0 Å². The van der Waals surface area contributed by atoms with Gasteiger partial charge in [-0.2, -0.15) is 26.3 Å². The largest absolute Gasteiger partial charge is 0.490 e. The normalized spacial score (nSPS) is 16.1. The lowest BCUT2D eigenvalue weighted by atomic mass is 9.93. The lowest BCUT2D eigenvalue weighted by Gasteiger charge is -2.27. The van der Waals surface area contributed by atoms with E-state index >= 15 is 8.78 Å². The first-order valence-electron chi connectivity index (χ1n) is 17.2. The molecule has 1 aliphatic rings. The number of aliphatic carboxylic acids is 1. The van der Waals surface area contributed by atoms with Crippen LogP contribution in [0.1, 0.15) is 47.3 Å². The number of fused-ring (bicyclic) bond motifs is 2.